The summed E-state index contributed by atoms with van der Waals surface area (Å²) in [6.07, 6.45) is 6.33. The van der Waals surface area contributed by atoms with Gasteiger partial charge in [0, 0.05) is 25.7 Å². The van der Waals surface area contributed by atoms with Gasteiger partial charge < -0.3 is 10.2 Å². The van der Waals surface area contributed by atoms with Crippen LogP contribution in [0.5, 0.6) is 0 Å². The van der Waals surface area contributed by atoms with Gasteiger partial charge in [-0.25, -0.2) is 4.98 Å². The Hall–Kier alpha value is -1.16. The molecule has 2 heterocycles. The van der Waals surface area contributed by atoms with Crippen molar-refractivity contribution >= 4 is 5.82 Å². The van der Waals surface area contributed by atoms with E-state index in [1.165, 1.54) is 12.8 Å². The maximum Gasteiger partial charge on any atom is 0.147 e. The molecule has 0 amide bonds. The molecule has 1 aromatic rings. The minimum atomic E-state index is 0.482. The van der Waals surface area contributed by atoms with Crippen LogP contribution in [0.4, 0.5) is 5.82 Å². The van der Waals surface area contributed by atoms with Crippen molar-refractivity contribution in [3.63, 3.8) is 0 Å². The Labute approximate surface area is 110 Å². The second kappa shape index (κ2) is 6.14. The molecule has 4 nitrogen and oxygen atoms in total. The Morgan fingerprint density at radius 2 is 2.00 bits per heavy atom. The highest BCUT2D eigenvalue weighted by molar-refractivity contribution is 5.36. The molecule has 0 saturated carbocycles. The van der Waals surface area contributed by atoms with Crippen LogP contribution in [0, 0.1) is 5.92 Å². The fourth-order valence-electron chi connectivity index (χ4n) is 2.15. The molecular weight excluding hydrogens is 224 g/mol. The molecule has 1 saturated heterocycles. The van der Waals surface area contributed by atoms with Crippen LogP contribution in [0.3, 0.4) is 0 Å². The van der Waals surface area contributed by atoms with Crippen molar-refractivity contribution in [2.24, 2.45) is 5.92 Å². The zero-order chi connectivity index (χ0) is 13.0. The summed E-state index contributed by atoms with van der Waals surface area (Å²) < 4.78 is 0. The van der Waals surface area contributed by atoms with Crippen molar-refractivity contribution in [3.05, 3.63) is 18.1 Å². The highest BCUT2D eigenvalue weighted by Crippen LogP contribution is 2.20. The standard InChI is InChI=1S/C14H24N4/c1-11(2)15-8-13-9-17-14(10-16-13)18-6-4-12(3)5-7-18/h9-12,15H,4-8H2,1-3H3. The van der Waals surface area contributed by atoms with Gasteiger partial charge >= 0.3 is 0 Å². The molecule has 0 spiro atoms. The number of aromatic nitrogens is 2. The summed E-state index contributed by atoms with van der Waals surface area (Å²) in [5.41, 5.74) is 1.01. The van der Waals surface area contributed by atoms with E-state index in [0.29, 0.717) is 6.04 Å². The zero-order valence-corrected chi connectivity index (χ0v) is 11.7. The molecule has 4 heteroatoms. The maximum atomic E-state index is 4.53. The van der Waals surface area contributed by atoms with Crippen LogP contribution in [0.15, 0.2) is 12.4 Å². The van der Waals surface area contributed by atoms with Crippen LogP contribution in [0.25, 0.3) is 0 Å². The van der Waals surface area contributed by atoms with Gasteiger partial charge in [0.15, 0.2) is 0 Å². The topological polar surface area (TPSA) is 41.1 Å². The largest absolute Gasteiger partial charge is 0.355 e. The highest BCUT2D eigenvalue weighted by Gasteiger charge is 2.16. The predicted molar refractivity (Wildman–Crippen MR) is 74.6 cm³/mol. The molecule has 100 valence electrons. The molecule has 0 aromatic carbocycles. The van der Waals surface area contributed by atoms with E-state index >= 15 is 0 Å². The second-order valence-electron chi connectivity index (χ2n) is 5.57. The van der Waals surface area contributed by atoms with Gasteiger partial charge in [0.05, 0.1) is 18.1 Å². The third-order valence-electron chi connectivity index (χ3n) is 3.49. The molecule has 0 aliphatic carbocycles. The first-order valence-corrected chi connectivity index (χ1v) is 6.94. The third kappa shape index (κ3) is 3.67. The van der Waals surface area contributed by atoms with E-state index in [2.05, 4.69) is 41.0 Å². The van der Waals surface area contributed by atoms with Crippen molar-refractivity contribution in [1.82, 2.24) is 15.3 Å². The molecule has 0 unspecified atom stereocenters. The van der Waals surface area contributed by atoms with Gasteiger partial charge in [-0.05, 0) is 18.8 Å². The number of hydrogen-bond donors (Lipinski definition) is 1. The predicted octanol–water partition coefficient (Wildman–Crippen LogP) is 2.21. The minimum absolute atomic E-state index is 0.482. The molecule has 18 heavy (non-hydrogen) atoms. The third-order valence-corrected chi connectivity index (χ3v) is 3.49. The molecule has 1 N–H and O–H groups in total. The van der Waals surface area contributed by atoms with Crippen molar-refractivity contribution in [1.29, 1.82) is 0 Å². The molecule has 1 aliphatic rings. The number of hydrogen-bond acceptors (Lipinski definition) is 4. The molecular formula is C14H24N4. The molecule has 2 rings (SSSR count). The van der Waals surface area contributed by atoms with Gasteiger partial charge in [0.25, 0.3) is 0 Å². The average molecular weight is 248 g/mol. The molecule has 1 fully saturated rings. The zero-order valence-electron chi connectivity index (χ0n) is 11.7. The van der Waals surface area contributed by atoms with E-state index in [9.17, 15) is 0 Å². The van der Waals surface area contributed by atoms with E-state index in [-0.39, 0.29) is 0 Å². The van der Waals surface area contributed by atoms with Crippen LogP contribution in [-0.4, -0.2) is 29.1 Å². The van der Waals surface area contributed by atoms with Gasteiger partial charge in [-0.2, -0.15) is 0 Å². The van der Waals surface area contributed by atoms with Gasteiger partial charge in [-0.3, -0.25) is 4.98 Å². The normalized spacial score (nSPS) is 17.4. The summed E-state index contributed by atoms with van der Waals surface area (Å²) in [6.45, 7) is 9.61. The number of nitrogens with one attached hydrogen (secondary N) is 1. The Bertz CT molecular complexity index is 353. The Kier molecular flexibility index (Phi) is 4.53. The maximum absolute atomic E-state index is 4.53. The van der Waals surface area contributed by atoms with Crippen LogP contribution in [-0.2, 0) is 6.54 Å². The number of piperidine rings is 1. The Balaban J connectivity index is 1.91. The lowest BCUT2D eigenvalue weighted by Crippen LogP contribution is -2.33. The quantitative estimate of drug-likeness (QED) is 0.887. The molecule has 0 atom stereocenters. The SMILES string of the molecule is CC1CCN(c2cnc(CNC(C)C)cn2)CC1. The van der Waals surface area contributed by atoms with E-state index in [0.717, 1.165) is 37.1 Å². The van der Waals surface area contributed by atoms with Gasteiger partial charge in [0.1, 0.15) is 5.82 Å². The molecule has 0 radical (unpaired) electrons. The van der Waals surface area contributed by atoms with Crippen LogP contribution < -0.4 is 10.2 Å². The number of anilines is 1. The van der Waals surface area contributed by atoms with Crippen molar-refractivity contribution in [3.8, 4) is 0 Å². The summed E-state index contributed by atoms with van der Waals surface area (Å²) in [5.74, 6) is 1.87. The van der Waals surface area contributed by atoms with E-state index in [1.54, 1.807) is 0 Å². The minimum Gasteiger partial charge on any atom is -0.355 e. The number of nitrogens with zero attached hydrogens (tertiary/aromatic N) is 3. The monoisotopic (exact) mass is 248 g/mol. The lowest BCUT2D eigenvalue weighted by Gasteiger charge is -2.30. The lowest BCUT2D eigenvalue weighted by molar-refractivity contribution is 0.436. The van der Waals surface area contributed by atoms with Crippen molar-refractivity contribution in [2.45, 2.75) is 46.2 Å². The van der Waals surface area contributed by atoms with Crippen LogP contribution in [0.1, 0.15) is 39.3 Å². The summed E-state index contributed by atoms with van der Waals surface area (Å²) >= 11 is 0. The number of rotatable bonds is 4. The van der Waals surface area contributed by atoms with E-state index in [4.69, 9.17) is 0 Å². The van der Waals surface area contributed by atoms with E-state index in [1.807, 2.05) is 12.4 Å². The highest BCUT2D eigenvalue weighted by atomic mass is 15.2. The van der Waals surface area contributed by atoms with Gasteiger partial charge in [0.2, 0.25) is 0 Å². The summed E-state index contributed by atoms with van der Waals surface area (Å²) in [7, 11) is 0. The Morgan fingerprint density at radius 1 is 1.28 bits per heavy atom. The van der Waals surface area contributed by atoms with Crippen LogP contribution >= 0.6 is 0 Å². The first-order chi connectivity index (χ1) is 8.65. The first kappa shape index (κ1) is 13.3. The van der Waals surface area contributed by atoms with Crippen molar-refractivity contribution in [2.75, 3.05) is 18.0 Å². The molecule has 0 bridgehead atoms. The Morgan fingerprint density at radius 3 is 2.56 bits per heavy atom. The summed E-state index contributed by atoms with van der Waals surface area (Å²) in [4.78, 5) is 11.3. The fraction of sp³-hybridized carbons (Fsp3) is 0.714. The molecule has 1 aliphatic heterocycles. The average Bonchev–Trinajstić information content (AvgIpc) is 2.38. The van der Waals surface area contributed by atoms with Crippen LogP contribution in [0.2, 0.25) is 0 Å². The molecule has 1 aromatic heterocycles. The summed E-state index contributed by atoms with van der Waals surface area (Å²) in [5, 5.41) is 3.35. The van der Waals surface area contributed by atoms with E-state index < -0.39 is 0 Å². The first-order valence-electron chi connectivity index (χ1n) is 6.94. The fourth-order valence-corrected chi connectivity index (χ4v) is 2.15. The van der Waals surface area contributed by atoms with Gasteiger partial charge in [-0.15, -0.1) is 0 Å². The second-order valence-corrected chi connectivity index (χ2v) is 5.57. The lowest BCUT2D eigenvalue weighted by atomic mass is 9.99. The summed E-state index contributed by atoms with van der Waals surface area (Å²) in [6, 6.07) is 0.482. The van der Waals surface area contributed by atoms with Gasteiger partial charge in [-0.1, -0.05) is 20.8 Å². The van der Waals surface area contributed by atoms with Crippen molar-refractivity contribution < 1.29 is 0 Å². The smallest absolute Gasteiger partial charge is 0.147 e.